The largest absolute Gasteiger partial charge is 0.378 e. The van der Waals surface area contributed by atoms with Gasteiger partial charge in [-0.15, -0.1) is 0 Å². The van der Waals surface area contributed by atoms with E-state index >= 15 is 0 Å². The van der Waals surface area contributed by atoms with Crippen LogP contribution in [-0.2, 0) is 4.74 Å². The number of benzene rings is 3. The average molecular weight is 533 g/mol. The van der Waals surface area contributed by atoms with E-state index in [2.05, 4.69) is 103 Å². The first-order valence-corrected chi connectivity index (χ1v) is 13.8. The van der Waals surface area contributed by atoms with E-state index in [9.17, 15) is 0 Å². The van der Waals surface area contributed by atoms with Gasteiger partial charge < -0.3 is 24.8 Å². The molecule has 3 aromatic carbocycles. The molecule has 9 heteroatoms. The molecule has 0 aliphatic carbocycles. The van der Waals surface area contributed by atoms with Crippen LogP contribution in [0.15, 0.2) is 73.3 Å². The Morgan fingerprint density at radius 2 is 1.30 bits per heavy atom. The third-order valence-corrected chi connectivity index (χ3v) is 7.89. The zero-order valence-corrected chi connectivity index (χ0v) is 22.6. The van der Waals surface area contributed by atoms with E-state index in [0.29, 0.717) is 0 Å². The summed E-state index contributed by atoms with van der Waals surface area (Å²) in [5.41, 5.74) is 6.27. The number of fused-ring (bicyclic) bond motifs is 2. The molecular formula is C31H32N8O. The Morgan fingerprint density at radius 1 is 0.650 bits per heavy atom. The van der Waals surface area contributed by atoms with Gasteiger partial charge in [0.2, 0.25) is 0 Å². The van der Waals surface area contributed by atoms with Gasteiger partial charge in [-0.2, -0.15) is 0 Å². The lowest BCUT2D eigenvalue weighted by molar-refractivity contribution is 0.122. The molecule has 202 valence electrons. The molecule has 9 nitrogen and oxygen atoms in total. The molecule has 2 aromatic heterocycles. The highest BCUT2D eigenvalue weighted by Gasteiger charge is 2.18. The second kappa shape index (κ2) is 10.7. The number of aromatic nitrogens is 4. The highest BCUT2D eigenvalue weighted by Crippen LogP contribution is 2.32. The van der Waals surface area contributed by atoms with E-state index in [4.69, 9.17) is 9.72 Å². The molecule has 0 spiro atoms. The summed E-state index contributed by atoms with van der Waals surface area (Å²) in [5.74, 6) is 1.79. The molecule has 2 aliphatic heterocycles. The summed E-state index contributed by atoms with van der Waals surface area (Å²) < 4.78 is 5.49. The zero-order chi connectivity index (χ0) is 26.9. The standard InChI is InChI=1S/C31H32N8O/c1-37-10-12-39(13-11-37)31-27-19-23(3-9-29(27)33-21-35-31)22-2-8-28-26(18-22)30(34-20-32-28)36-24-4-6-25(7-5-24)38-14-16-40-17-15-38/h2-9,18-21H,10-17H2,1H3,(H,32,34,36). The second-order valence-corrected chi connectivity index (χ2v) is 10.4. The van der Waals surface area contributed by atoms with E-state index in [0.717, 1.165) is 103 Å². The fourth-order valence-electron chi connectivity index (χ4n) is 5.54. The molecule has 1 N–H and O–H groups in total. The monoisotopic (exact) mass is 532 g/mol. The topological polar surface area (TPSA) is 82.5 Å². The van der Waals surface area contributed by atoms with Crippen LogP contribution in [0.25, 0.3) is 32.9 Å². The normalized spacial score (nSPS) is 16.5. The highest BCUT2D eigenvalue weighted by molar-refractivity contribution is 5.97. The number of likely N-dealkylation sites (N-methyl/N-ethyl adjacent to an activating group) is 1. The van der Waals surface area contributed by atoms with E-state index < -0.39 is 0 Å². The number of hydrogen-bond acceptors (Lipinski definition) is 9. The van der Waals surface area contributed by atoms with Crippen molar-refractivity contribution in [3.8, 4) is 11.1 Å². The van der Waals surface area contributed by atoms with Crippen molar-refractivity contribution in [1.82, 2.24) is 24.8 Å². The first-order valence-electron chi connectivity index (χ1n) is 13.8. The zero-order valence-electron chi connectivity index (χ0n) is 22.6. The van der Waals surface area contributed by atoms with Crippen LogP contribution in [0.2, 0.25) is 0 Å². The minimum atomic E-state index is 0.774. The van der Waals surface area contributed by atoms with Crippen molar-refractivity contribution < 1.29 is 4.74 Å². The second-order valence-electron chi connectivity index (χ2n) is 10.4. The van der Waals surface area contributed by atoms with E-state index in [1.807, 2.05) is 0 Å². The molecule has 4 heterocycles. The number of nitrogens with one attached hydrogen (secondary N) is 1. The van der Waals surface area contributed by atoms with Crippen molar-refractivity contribution in [3.05, 3.63) is 73.3 Å². The molecule has 0 unspecified atom stereocenters. The maximum atomic E-state index is 5.49. The van der Waals surface area contributed by atoms with Gasteiger partial charge in [0.1, 0.15) is 24.3 Å². The van der Waals surface area contributed by atoms with Crippen LogP contribution in [0.3, 0.4) is 0 Å². The van der Waals surface area contributed by atoms with Crippen molar-refractivity contribution in [2.75, 3.05) is 74.6 Å². The average Bonchev–Trinajstić information content (AvgIpc) is 3.02. The van der Waals surface area contributed by atoms with E-state index in [-0.39, 0.29) is 0 Å². The fourth-order valence-corrected chi connectivity index (χ4v) is 5.54. The van der Waals surface area contributed by atoms with Crippen LogP contribution in [0.5, 0.6) is 0 Å². The van der Waals surface area contributed by atoms with Crippen molar-refractivity contribution in [1.29, 1.82) is 0 Å². The number of ether oxygens (including phenoxy) is 1. The van der Waals surface area contributed by atoms with Crippen molar-refractivity contribution in [3.63, 3.8) is 0 Å². The first-order chi connectivity index (χ1) is 19.7. The van der Waals surface area contributed by atoms with Gasteiger partial charge in [0.25, 0.3) is 0 Å². The summed E-state index contributed by atoms with van der Waals surface area (Å²) in [6.07, 6.45) is 3.29. The molecule has 0 radical (unpaired) electrons. The Bertz CT molecular complexity index is 1640. The van der Waals surface area contributed by atoms with Gasteiger partial charge in [-0.25, -0.2) is 19.9 Å². The molecule has 2 saturated heterocycles. The molecule has 2 aliphatic rings. The van der Waals surface area contributed by atoms with Crippen molar-refractivity contribution in [2.24, 2.45) is 0 Å². The van der Waals surface area contributed by atoms with Crippen molar-refractivity contribution >= 4 is 44.8 Å². The Kier molecular flexibility index (Phi) is 6.59. The quantitative estimate of drug-likeness (QED) is 0.350. The minimum Gasteiger partial charge on any atom is -0.378 e. The van der Waals surface area contributed by atoms with Gasteiger partial charge in [-0.3, -0.25) is 0 Å². The van der Waals surface area contributed by atoms with Crippen LogP contribution in [-0.4, -0.2) is 84.4 Å². The van der Waals surface area contributed by atoms with Crippen LogP contribution < -0.4 is 15.1 Å². The molecular weight excluding hydrogens is 500 g/mol. The van der Waals surface area contributed by atoms with E-state index in [1.165, 1.54) is 5.69 Å². The molecule has 0 saturated carbocycles. The molecule has 0 atom stereocenters. The summed E-state index contributed by atoms with van der Waals surface area (Å²) in [5, 5.41) is 5.57. The Balaban J connectivity index is 1.20. The third kappa shape index (κ3) is 4.89. The molecule has 2 fully saturated rings. The highest BCUT2D eigenvalue weighted by atomic mass is 16.5. The minimum absolute atomic E-state index is 0.774. The van der Waals surface area contributed by atoms with Gasteiger partial charge in [0.05, 0.1) is 24.2 Å². The van der Waals surface area contributed by atoms with Gasteiger partial charge >= 0.3 is 0 Å². The number of piperazine rings is 1. The maximum Gasteiger partial charge on any atom is 0.141 e. The van der Waals surface area contributed by atoms with Crippen LogP contribution in [0.1, 0.15) is 0 Å². The summed E-state index contributed by atoms with van der Waals surface area (Å²) in [7, 11) is 2.17. The summed E-state index contributed by atoms with van der Waals surface area (Å²) in [6.45, 7) is 7.37. The predicted molar refractivity (Wildman–Crippen MR) is 161 cm³/mol. The number of hydrogen-bond donors (Lipinski definition) is 1. The van der Waals surface area contributed by atoms with Gasteiger partial charge in [-0.1, -0.05) is 12.1 Å². The first kappa shape index (κ1) is 24.7. The Labute approximate surface area is 233 Å². The van der Waals surface area contributed by atoms with Gasteiger partial charge in [-0.05, 0) is 66.7 Å². The molecule has 7 rings (SSSR count). The van der Waals surface area contributed by atoms with Crippen LogP contribution in [0, 0.1) is 0 Å². The fraction of sp³-hybridized carbons (Fsp3) is 0.290. The maximum absolute atomic E-state index is 5.49. The Hall–Kier alpha value is -4.34. The summed E-state index contributed by atoms with van der Waals surface area (Å²) >= 11 is 0. The number of anilines is 4. The lowest BCUT2D eigenvalue weighted by Crippen LogP contribution is -2.44. The predicted octanol–water partition coefficient (Wildman–Crippen LogP) is 4.57. The number of nitrogens with zero attached hydrogens (tertiary/aromatic N) is 7. The number of rotatable bonds is 5. The van der Waals surface area contributed by atoms with Gasteiger partial charge in [0, 0.05) is 61.4 Å². The SMILES string of the molecule is CN1CCN(c2ncnc3ccc(-c4ccc5ncnc(Nc6ccc(N7CCOCC7)cc6)c5c4)cc23)CC1. The smallest absolute Gasteiger partial charge is 0.141 e. The number of morpholine rings is 1. The molecule has 5 aromatic rings. The summed E-state index contributed by atoms with van der Waals surface area (Å²) in [6, 6.07) is 21.3. The Morgan fingerprint density at radius 3 is 2.02 bits per heavy atom. The molecule has 0 amide bonds. The lowest BCUT2D eigenvalue weighted by atomic mass is 10.0. The van der Waals surface area contributed by atoms with Crippen LogP contribution in [0.4, 0.5) is 23.0 Å². The lowest BCUT2D eigenvalue weighted by Gasteiger charge is -2.33. The third-order valence-electron chi connectivity index (χ3n) is 7.89. The van der Waals surface area contributed by atoms with E-state index in [1.54, 1.807) is 12.7 Å². The van der Waals surface area contributed by atoms with Crippen molar-refractivity contribution in [2.45, 2.75) is 0 Å². The molecule has 40 heavy (non-hydrogen) atoms. The van der Waals surface area contributed by atoms with Gasteiger partial charge in [0.15, 0.2) is 0 Å². The summed E-state index contributed by atoms with van der Waals surface area (Å²) in [4.78, 5) is 25.4. The van der Waals surface area contributed by atoms with Crippen LogP contribution >= 0.6 is 0 Å². The molecule has 0 bridgehead atoms.